The number of anilines is 10. The maximum absolute atomic E-state index is 16.6. The van der Waals surface area contributed by atoms with E-state index < -0.39 is 207 Å². The Morgan fingerprint density at radius 1 is 0.204 bits per heavy atom. The van der Waals surface area contributed by atoms with Gasteiger partial charge in [0.05, 0.1) is 84.3 Å². The molecular formula is C127H117F10N5. The van der Waals surface area contributed by atoms with Crippen LogP contribution in [-0.2, 0) is 5.41 Å². The van der Waals surface area contributed by atoms with Crippen LogP contribution >= 0.6 is 0 Å². The molecule has 0 heterocycles. The maximum Gasteiger partial charge on any atom is 0.154 e. The van der Waals surface area contributed by atoms with Crippen LogP contribution in [0.25, 0.3) is 88.3 Å². The summed E-state index contributed by atoms with van der Waals surface area (Å²) in [6, 6.07) is 69.7. The molecule has 0 bridgehead atoms. The number of nitrogens with zero attached hydrogens (tertiary/aromatic N) is 5. The van der Waals surface area contributed by atoms with E-state index in [9.17, 15) is 4.39 Å². The first kappa shape index (κ1) is 77.6. The van der Waals surface area contributed by atoms with Crippen molar-refractivity contribution in [2.45, 2.75) is 151 Å². The SMILES string of the molecule is [2H]c1c([2H])c([2H])c(N(c2cc(-c3cccc4ccccc34)ccc2F)C(C)(C)C)c(F)c1[2H].[2H]c1c([2H])c([2H])c(N(c2cc(-c3ccccc3)ccc2F)C(C)(C)C)c(F)c1[2H].[2H]c1c([2H])c([2H])c(N(c2cccc(-c3cccc4c3-c3ccccc3C4(C)C)c2F)C(C)(C)C)c(F)c1[2H].[2H]c1c([2H])c([2H])c(N(c2cccc(-c3cccc4ccccc34)c2F)C(C)(C)C)c(F)c1[2H].[2H]c1c([2H])c([2H])c(N(c2cccc(-c3ccccc3)c2F)C(C)(C)C)c(F)c1[2H]. The van der Waals surface area contributed by atoms with Gasteiger partial charge in [0.1, 0.15) is 40.7 Å². The standard InChI is InChI=1S/C31H29F2N.2C26H23F2N.2C22H21F2N/c1-30(2,3)34(26-18-9-8-17-25(26)32)27-19-11-14-21(29(27)33)20-13-10-16-24-28(20)22-12-6-7-15-23(22)31(24,4)5;1-26(2,3)29(23-16-7-6-15-22(23)27)24-17-9-14-21(25(24)28)20-13-8-11-18-10-4-5-12-19(18)20;1-26(2,3)29(24-14-7-6-13-22(24)27)25-17-19(15-16-23(25)28)21-12-8-10-18-9-4-5-11-20(18)21;1-22(2,3)25(19-14-8-7-13-18(19)23)20-15-9-12-17(21(20)24)16-10-5-4-6-11-16;1-22(2,3)25(20-12-8-7-11-18(20)23)21-15-17(13-14-19(21)24)16-9-5-4-6-10-16/h6-19H,1-5H3;2*4-17H,1-3H3;2*4-15H,1-3H3/i8D,9D,17D,18D;6D,7D,15D,16D;6D,7D,13D,14D;7D,8D,13D,14D;7D,8D,11D,12D. The second kappa shape index (κ2) is 42.1. The van der Waals surface area contributed by atoms with Crippen molar-refractivity contribution in [2.24, 2.45) is 0 Å². The minimum Gasteiger partial charge on any atom is -0.331 e. The Hall–Kier alpha value is -15.2. The smallest absolute Gasteiger partial charge is 0.154 e. The average molecular weight is 1920 g/mol. The molecule has 0 fully saturated rings. The highest BCUT2D eigenvalue weighted by molar-refractivity contribution is 6.00. The largest absolute Gasteiger partial charge is 0.331 e. The average Bonchev–Trinajstić information content (AvgIpc) is 1.56. The topological polar surface area (TPSA) is 16.2 Å². The van der Waals surface area contributed by atoms with Crippen LogP contribution in [0.3, 0.4) is 0 Å². The highest BCUT2D eigenvalue weighted by Crippen LogP contribution is 2.54. The molecular weight excluding hydrogens is 1790 g/mol. The van der Waals surface area contributed by atoms with Crippen molar-refractivity contribution >= 4 is 78.4 Å². The van der Waals surface area contributed by atoms with Crippen molar-refractivity contribution in [1.82, 2.24) is 0 Å². The third kappa shape index (κ3) is 21.7. The van der Waals surface area contributed by atoms with Gasteiger partial charge in [-0.25, -0.2) is 43.9 Å². The van der Waals surface area contributed by atoms with Crippen molar-refractivity contribution in [3.63, 3.8) is 0 Å². The molecule has 0 spiro atoms. The maximum atomic E-state index is 16.6. The van der Waals surface area contributed by atoms with Gasteiger partial charge in [0, 0.05) is 49.8 Å². The summed E-state index contributed by atoms with van der Waals surface area (Å²) in [5.74, 6) is -8.62. The third-order valence-corrected chi connectivity index (χ3v) is 23.9. The molecule has 1 aliphatic carbocycles. The summed E-state index contributed by atoms with van der Waals surface area (Å²) in [6.07, 6.45) is 0. The summed E-state index contributed by atoms with van der Waals surface area (Å²) in [7, 11) is 0. The van der Waals surface area contributed by atoms with Gasteiger partial charge >= 0.3 is 0 Å². The molecule has 720 valence electrons. The van der Waals surface area contributed by atoms with Crippen LogP contribution in [-0.4, -0.2) is 27.7 Å². The quantitative estimate of drug-likeness (QED) is 0.0948. The zero-order chi connectivity index (χ0) is 119. The monoisotopic (exact) mass is 1920 g/mol. The van der Waals surface area contributed by atoms with E-state index in [1.165, 1.54) is 54.8 Å². The molecule has 0 saturated heterocycles. The predicted molar refractivity (Wildman–Crippen MR) is 573 cm³/mol. The van der Waals surface area contributed by atoms with Crippen molar-refractivity contribution in [3.8, 4) is 66.8 Å². The highest BCUT2D eigenvalue weighted by Gasteiger charge is 2.40. The summed E-state index contributed by atoms with van der Waals surface area (Å²) >= 11 is 0. The number of benzene rings is 18. The normalized spacial score (nSPS) is 14.1. The molecule has 15 heteroatoms. The van der Waals surface area contributed by atoms with Gasteiger partial charge in [-0.2, -0.15) is 0 Å². The number of fused-ring (bicyclic) bond motifs is 5. The van der Waals surface area contributed by atoms with Gasteiger partial charge in [-0.3, -0.25) is 0 Å². The fourth-order valence-electron chi connectivity index (χ4n) is 17.9. The van der Waals surface area contributed by atoms with Crippen LogP contribution in [0.4, 0.5) is 101 Å². The van der Waals surface area contributed by atoms with Crippen LogP contribution in [0, 0.1) is 58.2 Å². The first-order chi connectivity index (χ1) is 75.9. The highest BCUT2D eigenvalue weighted by atomic mass is 19.2. The van der Waals surface area contributed by atoms with Crippen molar-refractivity contribution < 1.29 is 71.3 Å². The van der Waals surface area contributed by atoms with Crippen molar-refractivity contribution in [3.05, 3.63) is 469 Å². The van der Waals surface area contributed by atoms with E-state index in [2.05, 4.69) is 26.0 Å². The Bertz CT molecular complexity index is 8490. The third-order valence-electron chi connectivity index (χ3n) is 23.9. The number of halogens is 10. The van der Waals surface area contributed by atoms with Gasteiger partial charge in [-0.1, -0.05) is 311 Å². The van der Waals surface area contributed by atoms with E-state index in [0.29, 0.717) is 44.5 Å². The Kier molecular flexibility index (Phi) is 23.0. The second-order valence-electron chi connectivity index (χ2n) is 39.3. The first-order valence-corrected chi connectivity index (χ1v) is 46.0. The molecule has 142 heavy (non-hydrogen) atoms. The Balaban J connectivity index is 0.000000150. The van der Waals surface area contributed by atoms with Gasteiger partial charge in [-0.05, 0) is 289 Å². The van der Waals surface area contributed by atoms with Crippen LogP contribution in [0.5, 0.6) is 0 Å². The minimum atomic E-state index is -1.12. The lowest BCUT2D eigenvalue weighted by Gasteiger charge is -2.38. The fraction of sp³-hybridized carbons (Fsp3) is 0.181. The number of hydrogen-bond donors (Lipinski definition) is 0. The van der Waals surface area contributed by atoms with Crippen LogP contribution in [0.1, 0.15) is 156 Å². The number of hydrogen-bond acceptors (Lipinski definition) is 5. The lowest BCUT2D eigenvalue weighted by atomic mass is 9.82. The molecule has 0 aromatic heterocycles. The van der Waals surface area contributed by atoms with Gasteiger partial charge in [0.2, 0.25) is 0 Å². The lowest BCUT2D eigenvalue weighted by molar-refractivity contribution is 0.527. The van der Waals surface area contributed by atoms with Crippen LogP contribution < -0.4 is 24.5 Å². The summed E-state index contributed by atoms with van der Waals surface area (Å²) in [5, 5.41) is 3.83. The molecule has 18 aromatic carbocycles. The van der Waals surface area contributed by atoms with Crippen LogP contribution in [0.15, 0.2) is 400 Å². The zero-order valence-electron chi connectivity index (χ0n) is 102. The van der Waals surface area contributed by atoms with E-state index in [-0.39, 0.29) is 62.3 Å². The van der Waals surface area contributed by atoms with E-state index in [0.717, 1.165) is 54.9 Å². The minimum absolute atomic E-state index is 0.0249. The van der Waals surface area contributed by atoms with Gasteiger partial charge in [-0.15, -0.1) is 0 Å². The molecule has 0 N–H and O–H groups in total. The van der Waals surface area contributed by atoms with E-state index >= 15 is 39.5 Å². The van der Waals surface area contributed by atoms with E-state index in [1.807, 2.05) is 152 Å². The molecule has 0 unspecified atom stereocenters. The first-order valence-electron chi connectivity index (χ1n) is 56.0. The number of rotatable bonds is 15. The zero-order valence-corrected chi connectivity index (χ0v) is 81.6. The second-order valence-corrected chi connectivity index (χ2v) is 39.3. The van der Waals surface area contributed by atoms with Gasteiger partial charge < -0.3 is 24.5 Å². The molecule has 0 amide bonds. The molecule has 0 radical (unpaired) electrons. The summed E-state index contributed by atoms with van der Waals surface area (Å²) < 4.78 is 315. The van der Waals surface area contributed by atoms with E-state index in [1.54, 1.807) is 189 Å². The predicted octanol–water partition coefficient (Wildman–Crippen LogP) is 37.5. The molecule has 18 aromatic rings. The van der Waals surface area contributed by atoms with Crippen molar-refractivity contribution in [2.75, 3.05) is 24.5 Å². The van der Waals surface area contributed by atoms with Gasteiger partial charge in [0.15, 0.2) is 17.5 Å². The fourth-order valence-corrected chi connectivity index (χ4v) is 17.9. The van der Waals surface area contributed by atoms with Gasteiger partial charge in [0.25, 0.3) is 0 Å². The number of para-hydroxylation sites is 5. The summed E-state index contributed by atoms with van der Waals surface area (Å²) in [6.45, 7) is 30.3. The Morgan fingerprint density at radius 3 is 0.894 bits per heavy atom. The van der Waals surface area contributed by atoms with Crippen LogP contribution in [0.2, 0.25) is 0 Å². The molecule has 19 rings (SSSR count). The Morgan fingerprint density at radius 2 is 0.479 bits per heavy atom. The molecule has 0 aliphatic heterocycles. The summed E-state index contributed by atoms with van der Waals surface area (Å²) in [4.78, 5) is 6.54. The lowest BCUT2D eigenvalue weighted by Crippen LogP contribution is -2.38. The Labute approximate surface area is 857 Å². The van der Waals surface area contributed by atoms with E-state index in [4.69, 9.17) is 27.4 Å². The van der Waals surface area contributed by atoms with Crippen molar-refractivity contribution in [1.29, 1.82) is 0 Å². The molecule has 1 aliphatic rings. The summed E-state index contributed by atoms with van der Waals surface area (Å²) in [5.41, 5.74) is 3.87. The molecule has 5 nitrogen and oxygen atoms in total. The molecule has 0 atom stereocenters. The molecule has 0 saturated carbocycles.